The average molecular weight is 383 g/mol. The van der Waals surface area contributed by atoms with E-state index in [0.717, 1.165) is 10.6 Å². The molecule has 6 nitrogen and oxygen atoms in total. The number of nitrogens with one attached hydrogen (secondary N) is 1. The van der Waals surface area contributed by atoms with Crippen LogP contribution >= 0.6 is 23.2 Å². The van der Waals surface area contributed by atoms with Crippen molar-refractivity contribution in [3.8, 4) is 0 Å². The maximum atomic E-state index is 12.2. The highest BCUT2D eigenvalue weighted by molar-refractivity contribution is 7.92. The lowest BCUT2D eigenvalue weighted by molar-refractivity contribution is -0.121. The third-order valence-corrected chi connectivity index (χ3v) is 4.84. The molecule has 0 aliphatic heterocycles. The molecule has 1 aromatic rings. The molecule has 0 fully saturated rings. The van der Waals surface area contributed by atoms with Crippen molar-refractivity contribution in [2.75, 3.05) is 30.8 Å². The minimum absolute atomic E-state index is 0.168. The van der Waals surface area contributed by atoms with Gasteiger partial charge in [-0.3, -0.25) is 9.10 Å². The number of anilines is 1. The van der Waals surface area contributed by atoms with Crippen molar-refractivity contribution in [3.05, 3.63) is 28.2 Å². The van der Waals surface area contributed by atoms with Crippen LogP contribution < -0.4 is 9.62 Å². The van der Waals surface area contributed by atoms with Gasteiger partial charge in [-0.05, 0) is 31.5 Å². The van der Waals surface area contributed by atoms with Crippen LogP contribution in [0.2, 0.25) is 10.0 Å². The normalized spacial score (nSPS) is 12.7. The zero-order chi connectivity index (χ0) is 17.6. The summed E-state index contributed by atoms with van der Waals surface area (Å²) in [5.74, 6) is -0.428. The quantitative estimate of drug-likeness (QED) is 0.699. The third-order valence-electron chi connectivity index (χ3n) is 3.06. The molecule has 1 amide bonds. The van der Waals surface area contributed by atoms with E-state index in [1.165, 1.54) is 19.1 Å². The van der Waals surface area contributed by atoms with Crippen molar-refractivity contribution in [2.45, 2.75) is 19.4 Å². The molecule has 0 spiro atoms. The van der Waals surface area contributed by atoms with E-state index in [1.54, 1.807) is 13.2 Å². The van der Waals surface area contributed by atoms with Crippen LogP contribution in [0.1, 0.15) is 13.3 Å². The number of carbonyl (C=O) groups excluding carboxylic acids is 1. The number of benzene rings is 1. The molecule has 1 N–H and O–H groups in total. The smallest absolute Gasteiger partial charge is 0.243 e. The summed E-state index contributed by atoms with van der Waals surface area (Å²) < 4.78 is 30.1. The molecule has 1 rings (SSSR count). The number of carbonyl (C=O) groups is 1. The number of hydrogen-bond donors (Lipinski definition) is 1. The van der Waals surface area contributed by atoms with Crippen LogP contribution in [0, 0.1) is 0 Å². The molecule has 0 aliphatic carbocycles. The Bertz CT molecular complexity index is 652. The summed E-state index contributed by atoms with van der Waals surface area (Å²) in [6, 6.07) is 3.48. The van der Waals surface area contributed by atoms with Gasteiger partial charge in [-0.2, -0.15) is 0 Å². The molecule has 0 bridgehead atoms. The van der Waals surface area contributed by atoms with Gasteiger partial charge in [0, 0.05) is 25.3 Å². The van der Waals surface area contributed by atoms with Gasteiger partial charge in [0.15, 0.2) is 0 Å². The van der Waals surface area contributed by atoms with Crippen molar-refractivity contribution in [2.24, 2.45) is 0 Å². The van der Waals surface area contributed by atoms with E-state index >= 15 is 0 Å². The summed E-state index contributed by atoms with van der Waals surface area (Å²) >= 11 is 12.0. The van der Waals surface area contributed by atoms with Gasteiger partial charge < -0.3 is 10.1 Å². The maximum absolute atomic E-state index is 12.2. The Hall–Kier alpha value is -1.02. The van der Waals surface area contributed by atoms with Gasteiger partial charge in [0.2, 0.25) is 15.9 Å². The molecule has 0 unspecified atom stereocenters. The lowest BCUT2D eigenvalue weighted by Gasteiger charge is -2.29. The zero-order valence-electron chi connectivity index (χ0n) is 13.2. The third kappa shape index (κ3) is 5.84. The second-order valence-electron chi connectivity index (χ2n) is 4.97. The highest BCUT2D eigenvalue weighted by Crippen LogP contribution is 2.32. The number of hydrogen-bond acceptors (Lipinski definition) is 4. The van der Waals surface area contributed by atoms with Crippen molar-refractivity contribution in [1.29, 1.82) is 0 Å². The minimum Gasteiger partial charge on any atom is -0.385 e. The fourth-order valence-corrected chi connectivity index (χ4v) is 3.62. The molecule has 0 aliphatic rings. The van der Waals surface area contributed by atoms with E-state index < -0.39 is 22.0 Å². The molecular weight excluding hydrogens is 363 g/mol. The number of methoxy groups -OCH3 is 1. The Morgan fingerprint density at radius 1 is 1.39 bits per heavy atom. The van der Waals surface area contributed by atoms with Crippen LogP contribution in [-0.4, -0.2) is 46.9 Å². The Kier molecular flexibility index (Phi) is 7.60. The largest absolute Gasteiger partial charge is 0.385 e. The van der Waals surface area contributed by atoms with Crippen molar-refractivity contribution < 1.29 is 17.9 Å². The van der Waals surface area contributed by atoms with Crippen LogP contribution in [-0.2, 0) is 19.6 Å². The number of nitrogens with zero attached hydrogens (tertiary/aromatic N) is 1. The first-order valence-corrected chi connectivity index (χ1v) is 9.50. The molecule has 1 aromatic carbocycles. The minimum atomic E-state index is -3.73. The van der Waals surface area contributed by atoms with E-state index in [0.29, 0.717) is 24.6 Å². The standard InChI is InChI=1S/C14H20Cl2N2O4S/c1-10(14(19)17-7-4-8-22-2)18(23(3,20)21)13-9-11(15)5-6-12(13)16/h5-6,9-10H,4,7-8H2,1-3H3,(H,17,19)/t10-/m0/s1. The van der Waals surface area contributed by atoms with Crippen LogP contribution in [0.3, 0.4) is 0 Å². The second kappa shape index (κ2) is 8.73. The molecule has 0 aromatic heterocycles. The SMILES string of the molecule is COCCCNC(=O)[C@H](C)N(c1cc(Cl)ccc1Cl)S(C)(=O)=O. The topological polar surface area (TPSA) is 75.7 Å². The molecule has 9 heteroatoms. The monoisotopic (exact) mass is 382 g/mol. The summed E-state index contributed by atoms with van der Waals surface area (Å²) in [6.45, 7) is 2.38. The van der Waals surface area contributed by atoms with Gasteiger partial charge in [-0.1, -0.05) is 23.2 Å². The molecule has 0 heterocycles. The summed E-state index contributed by atoms with van der Waals surface area (Å²) in [7, 11) is -2.17. The number of amides is 1. The van der Waals surface area contributed by atoms with Crippen LogP contribution in [0.25, 0.3) is 0 Å². The van der Waals surface area contributed by atoms with Crippen molar-refractivity contribution >= 4 is 44.8 Å². The van der Waals surface area contributed by atoms with Gasteiger partial charge in [0.1, 0.15) is 6.04 Å². The van der Waals surface area contributed by atoms with Crippen LogP contribution in [0.5, 0.6) is 0 Å². The summed E-state index contributed by atoms with van der Waals surface area (Å²) in [5, 5.41) is 3.19. The van der Waals surface area contributed by atoms with Crippen molar-refractivity contribution in [3.63, 3.8) is 0 Å². The molecule has 0 radical (unpaired) electrons. The fraction of sp³-hybridized carbons (Fsp3) is 0.500. The van der Waals surface area contributed by atoms with Gasteiger partial charge in [-0.25, -0.2) is 8.42 Å². The summed E-state index contributed by atoms with van der Waals surface area (Å²) in [5.41, 5.74) is 0.168. The van der Waals surface area contributed by atoms with Crippen molar-refractivity contribution in [1.82, 2.24) is 5.32 Å². The highest BCUT2D eigenvalue weighted by atomic mass is 35.5. The van der Waals surface area contributed by atoms with E-state index in [2.05, 4.69) is 5.32 Å². The first-order valence-electron chi connectivity index (χ1n) is 6.89. The molecule has 0 saturated heterocycles. The predicted molar refractivity (Wildman–Crippen MR) is 92.7 cm³/mol. The molecule has 1 atom stereocenters. The number of ether oxygens (including phenoxy) is 1. The first kappa shape index (κ1) is 20.0. The van der Waals surface area contributed by atoms with E-state index in [9.17, 15) is 13.2 Å². The number of sulfonamides is 1. The van der Waals surface area contributed by atoms with Gasteiger partial charge in [0.05, 0.1) is 17.0 Å². The van der Waals surface area contributed by atoms with Gasteiger partial charge in [-0.15, -0.1) is 0 Å². The molecule has 130 valence electrons. The molecular formula is C14H20Cl2N2O4S. The van der Waals surface area contributed by atoms with E-state index in [1.807, 2.05) is 0 Å². The summed E-state index contributed by atoms with van der Waals surface area (Å²) in [6.07, 6.45) is 1.64. The lowest BCUT2D eigenvalue weighted by Crippen LogP contribution is -2.48. The number of halogens is 2. The molecule has 23 heavy (non-hydrogen) atoms. The highest BCUT2D eigenvalue weighted by Gasteiger charge is 2.30. The Morgan fingerprint density at radius 2 is 2.04 bits per heavy atom. The van der Waals surface area contributed by atoms with E-state index in [-0.39, 0.29) is 10.7 Å². The van der Waals surface area contributed by atoms with Crippen LogP contribution in [0.15, 0.2) is 18.2 Å². The van der Waals surface area contributed by atoms with Gasteiger partial charge in [0.25, 0.3) is 0 Å². The Labute approximate surface area is 146 Å². The lowest BCUT2D eigenvalue weighted by atomic mass is 10.2. The summed E-state index contributed by atoms with van der Waals surface area (Å²) in [4.78, 5) is 12.2. The Balaban J connectivity index is 3.03. The first-order chi connectivity index (χ1) is 10.7. The van der Waals surface area contributed by atoms with Gasteiger partial charge >= 0.3 is 0 Å². The predicted octanol–water partition coefficient (Wildman–Crippen LogP) is 2.30. The molecule has 0 saturated carbocycles. The maximum Gasteiger partial charge on any atom is 0.243 e. The number of rotatable bonds is 8. The van der Waals surface area contributed by atoms with Crippen LogP contribution in [0.4, 0.5) is 5.69 Å². The Morgan fingerprint density at radius 3 is 2.61 bits per heavy atom. The zero-order valence-corrected chi connectivity index (χ0v) is 15.5. The fourth-order valence-electron chi connectivity index (χ4n) is 2.01. The van der Waals surface area contributed by atoms with E-state index in [4.69, 9.17) is 27.9 Å². The average Bonchev–Trinajstić information content (AvgIpc) is 2.45. The second-order valence-corrected chi connectivity index (χ2v) is 7.67.